The topological polar surface area (TPSA) is 38.8 Å². The van der Waals surface area contributed by atoms with Gasteiger partial charge in [0.25, 0.3) is 5.91 Å². The van der Waals surface area contributed by atoms with Crippen LogP contribution in [0.1, 0.15) is 12.8 Å². The molecular formula is C8H11NO3. The van der Waals surface area contributed by atoms with Crippen molar-refractivity contribution in [2.24, 2.45) is 0 Å². The third-order valence-corrected chi connectivity index (χ3v) is 1.97. The molecule has 1 amide bonds. The van der Waals surface area contributed by atoms with Crippen LogP contribution < -0.4 is 0 Å². The molecule has 0 N–H and O–H groups in total. The Morgan fingerprint density at radius 2 is 2.42 bits per heavy atom. The highest BCUT2D eigenvalue weighted by atomic mass is 16.7. The zero-order chi connectivity index (χ0) is 8.39. The smallest absolute Gasteiger partial charge is 0.276 e. The number of hydroxylamine groups is 2. The van der Waals surface area contributed by atoms with Gasteiger partial charge in [0.05, 0.1) is 31.6 Å². The Hall–Kier alpha value is -1.03. The maximum absolute atomic E-state index is 11.5. The molecule has 0 radical (unpaired) electrons. The summed E-state index contributed by atoms with van der Waals surface area (Å²) >= 11 is 0. The van der Waals surface area contributed by atoms with E-state index in [0.29, 0.717) is 26.2 Å². The van der Waals surface area contributed by atoms with Gasteiger partial charge in [-0.1, -0.05) is 0 Å². The number of nitrogens with zero attached hydrogens (tertiary/aromatic N) is 1. The summed E-state index contributed by atoms with van der Waals surface area (Å²) in [6.07, 6.45) is 3.17. The van der Waals surface area contributed by atoms with Crippen molar-refractivity contribution >= 4 is 5.91 Å². The number of carbonyl (C=O) groups is 1. The van der Waals surface area contributed by atoms with Crippen molar-refractivity contribution < 1.29 is 14.4 Å². The van der Waals surface area contributed by atoms with Gasteiger partial charge in [-0.2, -0.15) is 0 Å². The first-order chi connectivity index (χ1) is 5.88. The van der Waals surface area contributed by atoms with E-state index in [2.05, 4.69) is 0 Å². The van der Waals surface area contributed by atoms with Gasteiger partial charge in [0, 0.05) is 6.42 Å². The Morgan fingerprint density at radius 1 is 1.50 bits per heavy atom. The second-order valence-electron chi connectivity index (χ2n) is 2.86. The molecule has 0 aliphatic carbocycles. The quantitative estimate of drug-likeness (QED) is 0.572. The zero-order valence-electron chi connectivity index (χ0n) is 6.78. The van der Waals surface area contributed by atoms with Crippen molar-refractivity contribution in [3.05, 3.63) is 11.8 Å². The molecule has 4 nitrogen and oxygen atoms in total. The van der Waals surface area contributed by atoms with Crippen LogP contribution in [0.25, 0.3) is 0 Å². The summed E-state index contributed by atoms with van der Waals surface area (Å²) in [5.41, 5.74) is 0.719. The van der Waals surface area contributed by atoms with E-state index in [4.69, 9.17) is 9.57 Å². The minimum Gasteiger partial charge on any atom is -0.500 e. The van der Waals surface area contributed by atoms with E-state index in [-0.39, 0.29) is 5.91 Å². The van der Waals surface area contributed by atoms with E-state index in [0.717, 1.165) is 12.0 Å². The molecule has 0 aromatic heterocycles. The van der Waals surface area contributed by atoms with E-state index >= 15 is 0 Å². The molecule has 2 rings (SSSR count). The largest absolute Gasteiger partial charge is 0.500 e. The molecule has 4 heteroatoms. The van der Waals surface area contributed by atoms with Crippen LogP contribution in [0.5, 0.6) is 0 Å². The lowest BCUT2D eigenvalue weighted by Gasteiger charge is -2.12. The molecule has 2 aliphatic heterocycles. The molecule has 66 valence electrons. The van der Waals surface area contributed by atoms with E-state index in [1.54, 1.807) is 0 Å². The summed E-state index contributed by atoms with van der Waals surface area (Å²) in [4.78, 5) is 16.6. The van der Waals surface area contributed by atoms with Crippen molar-refractivity contribution in [3.63, 3.8) is 0 Å². The summed E-state index contributed by atoms with van der Waals surface area (Å²) in [5, 5.41) is 1.42. The van der Waals surface area contributed by atoms with Gasteiger partial charge in [0.15, 0.2) is 0 Å². The fourth-order valence-corrected chi connectivity index (χ4v) is 1.31. The second-order valence-corrected chi connectivity index (χ2v) is 2.86. The molecule has 0 unspecified atom stereocenters. The second kappa shape index (κ2) is 3.15. The Balaban J connectivity index is 1.98. The minimum atomic E-state index is -0.0370. The fraction of sp³-hybridized carbons (Fsp3) is 0.625. The summed E-state index contributed by atoms with van der Waals surface area (Å²) < 4.78 is 4.97. The summed E-state index contributed by atoms with van der Waals surface area (Å²) in [5.74, 6) is -0.0370. The van der Waals surface area contributed by atoms with Gasteiger partial charge in [-0.15, -0.1) is 0 Å². The molecule has 12 heavy (non-hydrogen) atoms. The number of amides is 1. The van der Waals surface area contributed by atoms with E-state index in [1.165, 1.54) is 11.3 Å². The van der Waals surface area contributed by atoms with Crippen LogP contribution in [0.3, 0.4) is 0 Å². The van der Waals surface area contributed by atoms with Crippen LogP contribution in [0.2, 0.25) is 0 Å². The summed E-state index contributed by atoms with van der Waals surface area (Å²) in [7, 11) is 0. The van der Waals surface area contributed by atoms with Gasteiger partial charge in [-0.3, -0.25) is 9.63 Å². The lowest BCUT2D eigenvalue weighted by atomic mass is 10.2. The zero-order valence-corrected chi connectivity index (χ0v) is 6.78. The number of carbonyl (C=O) groups excluding carboxylic acids is 1. The maximum atomic E-state index is 11.5. The van der Waals surface area contributed by atoms with Crippen molar-refractivity contribution in [2.45, 2.75) is 12.8 Å². The predicted molar refractivity (Wildman–Crippen MR) is 40.9 cm³/mol. The Kier molecular flexibility index (Phi) is 1.99. The van der Waals surface area contributed by atoms with Crippen LogP contribution in [-0.4, -0.2) is 30.7 Å². The third-order valence-electron chi connectivity index (χ3n) is 1.97. The van der Waals surface area contributed by atoms with Gasteiger partial charge in [-0.05, 0) is 6.42 Å². The minimum absolute atomic E-state index is 0.0370. The molecule has 2 aliphatic rings. The monoisotopic (exact) mass is 169 g/mol. The molecule has 2 heterocycles. The average molecular weight is 169 g/mol. The first kappa shape index (κ1) is 7.61. The standard InChI is InChI=1S/C8H11NO3/c10-8(7-2-5-11-6-7)9-3-1-4-12-9/h6H,1-5H2. The molecule has 0 saturated carbocycles. The first-order valence-corrected chi connectivity index (χ1v) is 4.13. The molecule has 0 atom stereocenters. The first-order valence-electron chi connectivity index (χ1n) is 4.13. The average Bonchev–Trinajstić information content (AvgIpc) is 2.77. The highest BCUT2D eigenvalue weighted by Crippen LogP contribution is 2.16. The van der Waals surface area contributed by atoms with Crippen LogP contribution in [0, 0.1) is 0 Å². The van der Waals surface area contributed by atoms with Gasteiger partial charge in [0.1, 0.15) is 0 Å². The van der Waals surface area contributed by atoms with Crippen molar-refractivity contribution in [3.8, 4) is 0 Å². The molecule has 0 aromatic rings. The van der Waals surface area contributed by atoms with Crippen LogP contribution >= 0.6 is 0 Å². The van der Waals surface area contributed by atoms with Crippen LogP contribution in [-0.2, 0) is 14.4 Å². The van der Waals surface area contributed by atoms with Crippen molar-refractivity contribution in [1.29, 1.82) is 0 Å². The number of ether oxygens (including phenoxy) is 1. The van der Waals surface area contributed by atoms with E-state index in [9.17, 15) is 4.79 Å². The molecule has 0 bridgehead atoms. The third kappa shape index (κ3) is 1.30. The summed E-state index contributed by atoms with van der Waals surface area (Å²) in [6.45, 7) is 1.98. The Morgan fingerprint density at radius 3 is 3.00 bits per heavy atom. The lowest BCUT2D eigenvalue weighted by Crippen LogP contribution is -2.27. The van der Waals surface area contributed by atoms with Crippen LogP contribution in [0.4, 0.5) is 0 Å². The van der Waals surface area contributed by atoms with E-state index < -0.39 is 0 Å². The highest BCUT2D eigenvalue weighted by molar-refractivity contribution is 5.92. The van der Waals surface area contributed by atoms with Gasteiger partial charge in [0.2, 0.25) is 0 Å². The Bertz CT molecular complexity index is 218. The van der Waals surface area contributed by atoms with Crippen LogP contribution in [0.15, 0.2) is 11.8 Å². The van der Waals surface area contributed by atoms with Gasteiger partial charge in [-0.25, -0.2) is 5.06 Å². The normalized spacial score (nSPS) is 22.3. The van der Waals surface area contributed by atoms with Gasteiger partial charge < -0.3 is 4.74 Å². The van der Waals surface area contributed by atoms with Crippen molar-refractivity contribution in [1.82, 2.24) is 5.06 Å². The Labute approximate surface area is 70.7 Å². The molecular weight excluding hydrogens is 158 g/mol. The van der Waals surface area contributed by atoms with Gasteiger partial charge >= 0.3 is 0 Å². The fourth-order valence-electron chi connectivity index (χ4n) is 1.31. The highest BCUT2D eigenvalue weighted by Gasteiger charge is 2.24. The summed E-state index contributed by atoms with van der Waals surface area (Å²) in [6, 6.07) is 0. The van der Waals surface area contributed by atoms with Crippen molar-refractivity contribution in [2.75, 3.05) is 19.8 Å². The SMILES string of the molecule is O=C(C1=COCC1)N1CCCO1. The molecule has 0 aromatic carbocycles. The molecule has 1 fully saturated rings. The number of hydrogen-bond donors (Lipinski definition) is 0. The lowest BCUT2D eigenvalue weighted by molar-refractivity contribution is -0.164. The van der Waals surface area contributed by atoms with E-state index in [1.807, 2.05) is 0 Å². The molecule has 0 spiro atoms. The predicted octanol–water partition coefficient (Wildman–Crippen LogP) is 0.454. The molecule has 1 saturated heterocycles. The number of rotatable bonds is 1. The number of hydrogen-bond acceptors (Lipinski definition) is 3. The maximum Gasteiger partial charge on any atom is 0.276 e.